The van der Waals surface area contributed by atoms with Gasteiger partial charge in [-0.05, 0) is 6.07 Å². The third-order valence-electron chi connectivity index (χ3n) is 3.30. The summed E-state index contributed by atoms with van der Waals surface area (Å²) in [4.78, 5) is 20.0. The molecule has 1 aromatic rings. The molecule has 0 amide bonds. The fraction of sp³-hybridized carbons (Fsp3) is 0.500. The minimum Gasteiger partial charge on any atom is -0.455 e. The Morgan fingerprint density at radius 1 is 1.26 bits per heavy atom. The molecule has 3 N–H and O–H groups in total. The van der Waals surface area contributed by atoms with Gasteiger partial charge in [-0.3, -0.25) is 20.2 Å². The predicted molar refractivity (Wildman–Crippen MR) is 72.8 cm³/mol. The van der Waals surface area contributed by atoms with Crippen LogP contribution in [0, 0.1) is 20.2 Å². The number of ether oxygens (including phenoxy) is 2. The van der Waals surface area contributed by atoms with Crippen LogP contribution in [0.3, 0.4) is 0 Å². The molecule has 4 atom stereocenters. The van der Waals surface area contributed by atoms with E-state index in [1.807, 2.05) is 0 Å². The van der Waals surface area contributed by atoms with Gasteiger partial charge < -0.3 is 24.8 Å². The Morgan fingerprint density at radius 2 is 1.96 bits per heavy atom. The van der Waals surface area contributed by atoms with Gasteiger partial charge in [0.05, 0.1) is 34.7 Å². The summed E-state index contributed by atoms with van der Waals surface area (Å²) in [5, 5.41) is 50.3. The molecule has 0 saturated carbocycles. The van der Waals surface area contributed by atoms with Crippen LogP contribution in [0.5, 0.6) is 5.75 Å². The van der Waals surface area contributed by atoms with Crippen molar-refractivity contribution >= 4 is 11.4 Å². The van der Waals surface area contributed by atoms with Gasteiger partial charge in [0.2, 0.25) is 12.0 Å². The molecule has 1 heterocycles. The number of nitro groups is 2. The van der Waals surface area contributed by atoms with E-state index in [2.05, 4.69) is 0 Å². The molecule has 0 aliphatic carbocycles. The molecule has 0 aromatic heterocycles. The fourth-order valence-electron chi connectivity index (χ4n) is 2.12. The highest BCUT2D eigenvalue weighted by molar-refractivity contribution is 5.53. The Balaban J connectivity index is 2.27. The van der Waals surface area contributed by atoms with E-state index in [1.54, 1.807) is 0 Å². The summed E-state index contributed by atoms with van der Waals surface area (Å²) >= 11 is 0. The molecule has 0 bridgehead atoms. The molecule has 11 heteroatoms. The number of nitrogens with zero attached hydrogens (tertiary/aromatic N) is 2. The molecule has 1 aliphatic heterocycles. The highest BCUT2D eigenvalue weighted by Gasteiger charge is 2.39. The predicted octanol–water partition coefficient (Wildman–Crippen LogP) is -0.289. The Kier molecular flexibility index (Phi) is 5.05. The lowest BCUT2D eigenvalue weighted by Crippen LogP contribution is -2.51. The fourth-order valence-corrected chi connectivity index (χ4v) is 2.12. The van der Waals surface area contributed by atoms with Crippen LogP contribution in [0.4, 0.5) is 11.4 Å². The maximum atomic E-state index is 11.0. The van der Waals surface area contributed by atoms with Gasteiger partial charge >= 0.3 is 5.69 Å². The van der Waals surface area contributed by atoms with E-state index in [-0.39, 0.29) is 12.2 Å². The van der Waals surface area contributed by atoms with Gasteiger partial charge in [-0.1, -0.05) is 0 Å². The van der Waals surface area contributed by atoms with Gasteiger partial charge in [0, 0.05) is 12.5 Å². The summed E-state index contributed by atoms with van der Waals surface area (Å²) in [6.07, 6.45) is -5.04. The first-order chi connectivity index (χ1) is 10.8. The first kappa shape index (κ1) is 17.0. The topological polar surface area (TPSA) is 165 Å². The van der Waals surface area contributed by atoms with Crippen LogP contribution in [0.25, 0.3) is 0 Å². The van der Waals surface area contributed by atoms with Crippen molar-refractivity contribution in [2.45, 2.75) is 31.0 Å². The molecule has 1 saturated heterocycles. The summed E-state index contributed by atoms with van der Waals surface area (Å²) in [5.74, 6) is -0.365. The molecule has 0 radical (unpaired) electrons. The van der Waals surface area contributed by atoms with Gasteiger partial charge in [0.1, 0.15) is 6.10 Å². The molecule has 1 fully saturated rings. The van der Waals surface area contributed by atoms with Crippen molar-refractivity contribution < 1.29 is 34.6 Å². The van der Waals surface area contributed by atoms with Crippen molar-refractivity contribution in [1.29, 1.82) is 0 Å². The molecular formula is C12H14N2O9. The lowest BCUT2D eigenvalue weighted by molar-refractivity contribution is -0.395. The van der Waals surface area contributed by atoms with Gasteiger partial charge in [-0.2, -0.15) is 0 Å². The average Bonchev–Trinajstić information content (AvgIpc) is 2.51. The number of aliphatic hydroxyl groups is 3. The van der Waals surface area contributed by atoms with Crippen LogP contribution < -0.4 is 4.74 Å². The van der Waals surface area contributed by atoms with Gasteiger partial charge in [0.25, 0.3) is 5.69 Å². The normalized spacial score (nSPS) is 27.4. The van der Waals surface area contributed by atoms with E-state index in [0.717, 1.165) is 12.1 Å². The van der Waals surface area contributed by atoms with Crippen molar-refractivity contribution in [2.75, 3.05) is 6.61 Å². The monoisotopic (exact) mass is 330 g/mol. The van der Waals surface area contributed by atoms with Crippen molar-refractivity contribution in [2.24, 2.45) is 0 Å². The number of hydrogen-bond donors (Lipinski definition) is 3. The lowest BCUT2D eigenvalue weighted by atomic mass is 10.0. The molecule has 1 aromatic carbocycles. The number of rotatable bonds is 5. The van der Waals surface area contributed by atoms with Crippen LogP contribution in [0.15, 0.2) is 18.2 Å². The molecule has 0 unspecified atom stereocenters. The van der Waals surface area contributed by atoms with E-state index in [0.29, 0.717) is 6.07 Å². The number of non-ortho nitro benzene ring substituents is 1. The molecule has 11 nitrogen and oxygen atoms in total. The smallest absolute Gasteiger partial charge is 0.317 e. The van der Waals surface area contributed by atoms with Crippen LogP contribution in [0.1, 0.15) is 6.42 Å². The average molecular weight is 330 g/mol. The lowest BCUT2D eigenvalue weighted by Gasteiger charge is -2.36. The molecule has 126 valence electrons. The summed E-state index contributed by atoms with van der Waals surface area (Å²) in [5.41, 5.74) is -1.18. The molecule has 23 heavy (non-hydrogen) atoms. The molecule has 1 aliphatic rings. The second-order valence-corrected chi connectivity index (χ2v) is 4.89. The van der Waals surface area contributed by atoms with E-state index in [9.17, 15) is 30.4 Å². The first-order valence-electron chi connectivity index (χ1n) is 6.55. The van der Waals surface area contributed by atoms with E-state index in [1.165, 1.54) is 0 Å². The first-order valence-corrected chi connectivity index (χ1v) is 6.55. The van der Waals surface area contributed by atoms with Crippen LogP contribution >= 0.6 is 0 Å². The van der Waals surface area contributed by atoms with Crippen LogP contribution in [0.2, 0.25) is 0 Å². The second kappa shape index (κ2) is 6.83. The van der Waals surface area contributed by atoms with Gasteiger partial charge in [-0.15, -0.1) is 0 Å². The Morgan fingerprint density at radius 3 is 2.52 bits per heavy atom. The highest BCUT2D eigenvalue weighted by atomic mass is 16.7. The summed E-state index contributed by atoms with van der Waals surface area (Å²) < 4.78 is 10.4. The zero-order chi connectivity index (χ0) is 17.1. The Bertz CT molecular complexity index is 608. The van der Waals surface area contributed by atoms with E-state index < -0.39 is 52.4 Å². The maximum absolute atomic E-state index is 11.0. The molecule has 0 spiro atoms. The number of nitro benzene ring substituents is 2. The zero-order valence-electron chi connectivity index (χ0n) is 11.6. The Labute approximate surface area is 129 Å². The number of aliphatic hydroxyl groups excluding tert-OH is 3. The third kappa shape index (κ3) is 3.71. The van der Waals surface area contributed by atoms with Gasteiger partial charge in [0.15, 0.2) is 0 Å². The zero-order valence-corrected chi connectivity index (χ0v) is 11.6. The molecular weight excluding hydrogens is 316 g/mol. The minimum atomic E-state index is -1.49. The van der Waals surface area contributed by atoms with E-state index in [4.69, 9.17) is 14.6 Å². The minimum absolute atomic E-state index is 0.0279. The quantitative estimate of drug-likeness (QED) is 0.485. The summed E-state index contributed by atoms with van der Waals surface area (Å²) in [6.45, 7) is -0.438. The summed E-state index contributed by atoms with van der Waals surface area (Å²) in [7, 11) is 0. The van der Waals surface area contributed by atoms with Gasteiger partial charge in [-0.25, -0.2) is 0 Å². The second-order valence-electron chi connectivity index (χ2n) is 4.89. The third-order valence-corrected chi connectivity index (χ3v) is 3.30. The van der Waals surface area contributed by atoms with Crippen LogP contribution in [-0.2, 0) is 4.74 Å². The van der Waals surface area contributed by atoms with E-state index >= 15 is 0 Å². The number of hydrogen-bond acceptors (Lipinski definition) is 9. The van der Waals surface area contributed by atoms with Crippen molar-refractivity contribution in [3.05, 3.63) is 38.4 Å². The maximum Gasteiger partial charge on any atom is 0.317 e. The molecule has 2 rings (SSSR count). The SMILES string of the molecule is O=[N+]([O-])c1ccc(O[C@@H]2O[C@H](CO)C[C@H](O)[C@H]2O)c([N+](=O)[O-])c1. The van der Waals surface area contributed by atoms with Crippen molar-refractivity contribution in [3.63, 3.8) is 0 Å². The number of benzene rings is 1. The Hall–Kier alpha value is -2.34. The van der Waals surface area contributed by atoms with Crippen molar-refractivity contribution in [1.82, 2.24) is 0 Å². The highest BCUT2D eigenvalue weighted by Crippen LogP contribution is 2.33. The standard InChI is InChI=1S/C12H14N2O9/c15-5-7-4-9(16)11(17)12(22-7)23-10-2-1-6(13(18)19)3-8(10)14(20)21/h1-3,7,9,11-12,15-17H,4-5H2/t7-,9-,11+,12-/m0/s1. The summed E-state index contributed by atoms with van der Waals surface area (Å²) in [6, 6.07) is 2.71. The van der Waals surface area contributed by atoms with Crippen molar-refractivity contribution in [3.8, 4) is 5.75 Å². The van der Waals surface area contributed by atoms with Crippen LogP contribution in [-0.4, -0.2) is 56.4 Å². The largest absolute Gasteiger partial charge is 0.455 e.